The number of carboxylic acid groups (broad SMARTS) is 1. The Labute approximate surface area is 95.4 Å². The van der Waals surface area contributed by atoms with Gasteiger partial charge in [0.05, 0.1) is 6.42 Å². The maximum absolute atomic E-state index is 10.8. The van der Waals surface area contributed by atoms with Gasteiger partial charge in [0.1, 0.15) is 11.5 Å². The molecule has 0 fully saturated rings. The smallest absolute Gasteiger partial charge is 0.304 e. The van der Waals surface area contributed by atoms with Crippen molar-refractivity contribution >= 4 is 5.97 Å². The van der Waals surface area contributed by atoms with Gasteiger partial charge < -0.3 is 15.3 Å². The SMILES string of the molecule is CCc1ccc(C(CC(=O)O)C(N)CC)o1. The molecular weight excluding hydrogens is 206 g/mol. The third kappa shape index (κ3) is 3.10. The van der Waals surface area contributed by atoms with Gasteiger partial charge in [-0.25, -0.2) is 0 Å². The molecule has 2 atom stereocenters. The van der Waals surface area contributed by atoms with Gasteiger partial charge in [-0.2, -0.15) is 0 Å². The predicted octanol–water partition coefficient (Wildman–Crippen LogP) is 2.14. The van der Waals surface area contributed by atoms with E-state index < -0.39 is 5.97 Å². The Morgan fingerprint density at radius 2 is 2.19 bits per heavy atom. The molecule has 2 unspecified atom stereocenters. The monoisotopic (exact) mass is 225 g/mol. The van der Waals surface area contributed by atoms with Crippen LogP contribution >= 0.6 is 0 Å². The summed E-state index contributed by atoms with van der Waals surface area (Å²) in [5, 5.41) is 8.86. The van der Waals surface area contributed by atoms with Gasteiger partial charge in [-0.05, 0) is 18.6 Å². The molecule has 3 N–H and O–H groups in total. The van der Waals surface area contributed by atoms with Crippen molar-refractivity contribution in [2.75, 3.05) is 0 Å². The molecule has 1 heterocycles. The molecule has 0 aliphatic carbocycles. The van der Waals surface area contributed by atoms with Gasteiger partial charge in [0.25, 0.3) is 0 Å². The average molecular weight is 225 g/mol. The number of aliphatic carboxylic acids is 1. The van der Waals surface area contributed by atoms with E-state index in [2.05, 4.69) is 0 Å². The van der Waals surface area contributed by atoms with Crippen molar-refractivity contribution in [3.8, 4) is 0 Å². The normalized spacial score (nSPS) is 14.7. The molecule has 0 aromatic carbocycles. The highest BCUT2D eigenvalue weighted by atomic mass is 16.4. The van der Waals surface area contributed by atoms with Crippen LogP contribution in [0.4, 0.5) is 0 Å². The number of hydrogen-bond acceptors (Lipinski definition) is 3. The topological polar surface area (TPSA) is 76.5 Å². The molecule has 90 valence electrons. The highest BCUT2D eigenvalue weighted by Gasteiger charge is 2.24. The van der Waals surface area contributed by atoms with E-state index in [0.717, 1.165) is 18.6 Å². The van der Waals surface area contributed by atoms with Crippen LogP contribution in [0.25, 0.3) is 0 Å². The zero-order chi connectivity index (χ0) is 12.1. The first-order valence-electron chi connectivity index (χ1n) is 5.64. The largest absolute Gasteiger partial charge is 0.481 e. The van der Waals surface area contributed by atoms with E-state index in [1.165, 1.54) is 0 Å². The van der Waals surface area contributed by atoms with Crippen molar-refractivity contribution in [3.63, 3.8) is 0 Å². The molecule has 0 radical (unpaired) electrons. The van der Waals surface area contributed by atoms with Crippen LogP contribution in [0.1, 0.15) is 44.1 Å². The van der Waals surface area contributed by atoms with Crippen molar-refractivity contribution in [2.24, 2.45) is 5.73 Å². The van der Waals surface area contributed by atoms with E-state index in [9.17, 15) is 4.79 Å². The molecule has 1 rings (SSSR count). The summed E-state index contributed by atoms with van der Waals surface area (Å²) in [5.41, 5.74) is 5.92. The van der Waals surface area contributed by atoms with Crippen LogP contribution < -0.4 is 5.73 Å². The third-order valence-corrected chi connectivity index (χ3v) is 2.78. The van der Waals surface area contributed by atoms with E-state index >= 15 is 0 Å². The lowest BCUT2D eigenvalue weighted by molar-refractivity contribution is -0.137. The number of hydrogen-bond donors (Lipinski definition) is 2. The number of furan rings is 1. The second-order valence-corrected chi connectivity index (χ2v) is 3.93. The van der Waals surface area contributed by atoms with Crippen molar-refractivity contribution in [3.05, 3.63) is 23.7 Å². The van der Waals surface area contributed by atoms with E-state index in [1.54, 1.807) is 0 Å². The van der Waals surface area contributed by atoms with E-state index in [4.69, 9.17) is 15.3 Å². The predicted molar refractivity (Wildman–Crippen MR) is 61.3 cm³/mol. The molecule has 0 bridgehead atoms. The van der Waals surface area contributed by atoms with E-state index in [-0.39, 0.29) is 18.4 Å². The number of aryl methyl sites for hydroxylation is 1. The Hall–Kier alpha value is -1.29. The second-order valence-electron chi connectivity index (χ2n) is 3.93. The van der Waals surface area contributed by atoms with Crippen molar-refractivity contribution in [2.45, 2.75) is 45.1 Å². The summed E-state index contributed by atoms with van der Waals surface area (Å²) >= 11 is 0. The van der Waals surface area contributed by atoms with Gasteiger partial charge >= 0.3 is 5.97 Å². The van der Waals surface area contributed by atoms with Crippen molar-refractivity contribution < 1.29 is 14.3 Å². The first-order chi connectivity index (χ1) is 7.58. The van der Waals surface area contributed by atoms with Crippen LogP contribution in [0.3, 0.4) is 0 Å². The van der Waals surface area contributed by atoms with Crippen molar-refractivity contribution in [1.82, 2.24) is 0 Å². The van der Waals surface area contributed by atoms with Gasteiger partial charge in [-0.1, -0.05) is 13.8 Å². The standard InChI is InChI=1S/C12H19NO3/c1-3-8-5-6-11(16-8)9(7-12(14)15)10(13)4-2/h5-6,9-10H,3-4,7,13H2,1-2H3,(H,14,15). The van der Waals surface area contributed by atoms with Crippen LogP contribution in [0.15, 0.2) is 16.5 Å². The molecule has 1 aromatic rings. The number of nitrogens with two attached hydrogens (primary N) is 1. The number of carbonyl (C=O) groups is 1. The summed E-state index contributed by atoms with van der Waals surface area (Å²) in [6.45, 7) is 3.94. The fourth-order valence-electron chi connectivity index (χ4n) is 1.72. The fourth-order valence-corrected chi connectivity index (χ4v) is 1.72. The van der Waals surface area contributed by atoms with Gasteiger partial charge in [0.15, 0.2) is 0 Å². The van der Waals surface area contributed by atoms with Crippen LogP contribution in [0, 0.1) is 0 Å². The molecule has 0 aliphatic rings. The summed E-state index contributed by atoms with van der Waals surface area (Å²) in [7, 11) is 0. The maximum atomic E-state index is 10.8. The lowest BCUT2D eigenvalue weighted by Crippen LogP contribution is -2.29. The zero-order valence-electron chi connectivity index (χ0n) is 9.77. The van der Waals surface area contributed by atoms with Crippen LogP contribution in [-0.2, 0) is 11.2 Å². The lowest BCUT2D eigenvalue weighted by atomic mass is 9.92. The lowest BCUT2D eigenvalue weighted by Gasteiger charge is -2.18. The van der Waals surface area contributed by atoms with Crippen LogP contribution in [0.2, 0.25) is 0 Å². The minimum absolute atomic E-state index is 0.0195. The number of rotatable bonds is 6. The Balaban J connectivity index is 2.86. The van der Waals surface area contributed by atoms with Gasteiger partial charge in [0.2, 0.25) is 0 Å². The third-order valence-electron chi connectivity index (χ3n) is 2.78. The molecule has 16 heavy (non-hydrogen) atoms. The van der Waals surface area contributed by atoms with Crippen molar-refractivity contribution in [1.29, 1.82) is 0 Å². The molecule has 1 aromatic heterocycles. The Kier molecular flexibility index (Phi) is 4.55. The minimum atomic E-state index is -0.844. The average Bonchev–Trinajstić information content (AvgIpc) is 2.72. The first-order valence-corrected chi connectivity index (χ1v) is 5.64. The van der Waals surface area contributed by atoms with Gasteiger partial charge in [-0.15, -0.1) is 0 Å². The number of carboxylic acids is 1. The molecule has 0 amide bonds. The van der Waals surface area contributed by atoms with Crippen LogP contribution in [0.5, 0.6) is 0 Å². The molecular formula is C12H19NO3. The summed E-state index contributed by atoms with van der Waals surface area (Å²) in [6, 6.07) is 3.54. The Morgan fingerprint density at radius 3 is 2.62 bits per heavy atom. The summed E-state index contributed by atoms with van der Waals surface area (Å²) in [4.78, 5) is 10.8. The highest BCUT2D eigenvalue weighted by molar-refractivity contribution is 5.68. The Bertz CT molecular complexity index is 346. The maximum Gasteiger partial charge on any atom is 0.304 e. The molecule has 0 spiro atoms. The van der Waals surface area contributed by atoms with E-state index in [1.807, 2.05) is 26.0 Å². The summed E-state index contributed by atoms with van der Waals surface area (Å²) < 4.78 is 5.58. The molecule has 4 heteroatoms. The summed E-state index contributed by atoms with van der Waals surface area (Å²) in [5.74, 6) is 0.480. The molecule has 0 saturated carbocycles. The highest BCUT2D eigenvalue weighted by Crippen LogP contribution is 2.26. The van der Waals surface area contributed by atoms with Gasteiger partial charge in [-0.3, -0.25) is 4.79 Å². The molecule has 0 saturated heterocycles. The Morgan fingerprint density at radius 1 is 1.50 bits per heavy atom. The van der Waals surface area contributed by atoms with Crippen LogP contribution in [-0.4, -0.2) is 17.1 Å². The summed E-state index contributed by atoms with van der Waals surface area (Å²) in [6.07, 6.45) is 1.56. The quantitative estimate of drug-likeness (QED) is 0.777. The fraction of sp³-hybridized carbons (Fsp3) is 0.583. The zero-order valence-corrected chi connectivity index (χ0v) is 9.77. The molecule has 0 aliphatic heterocycles. The van der Waals surface area contributed by atoms with Gasteiger partial charge in [0, 0.05) is 18.4 Å². The minimum Gasteiger partial charge on any atom is -0.481 e. The molecule has 4 nitrogen and oxygen atoms in total. The van der Waals surface area contributed by atoms with E-state index in [0.29, 0.717) is 5.76 Å². The second kappa shape index (κ2) is 5.70. The first kappa shape index (κ1) is 12.8.